The molecule has 0 saturated heterocycles. The molecule has 0 fully saturated rings. The maximum absolute atomic E-state index is 5.32. The molecule has 13 rings (SSSR count). The van der Waals surface area contributed by atoms with Crippen LogP contribution in [-0.4, -0.2) is 14.5 Å². The maximum atomic E-state index is 5.32. The van der Waals surface area contributed by atoms with Crippen molar-refractivity contribution in [3.05, 3.63) is 249 Å². The molecular formula is C64H41N3. The molecule has 0 unspecified atom stereocenters. The molecule has 0 aliphatic carbocycles. The second kappa shape index (κ2) is 16.0. The standard InChI is InChI=1S/C64H41N3/c1-3-14-42(15-4-1)43-26-30-46(31-27-43)58-41-59(47-32-28-45(29-33-47)53-23-13-25-61-63(53)56-22-11-12-24-60(56)67(61)51-18-5-2-6-19-51)66-64(65-58)49-36-34-48(35-37-49)62-54-21-10-8-17-50(54)40-57-52-20-9-7-16-44(52)38-39-55(57)62/h1-41H. The van der Waals surface area contributed by atoms with Crippen molar-refractivity contribution in [3.8, 4) is 73.0 Å². The molecule has 13 aromatic rings. The Labute approximate surface area is 388 Å². The van der Waals surface area contributed by atoms with Gasteiger partial charge in [0.15, 0.2) is 5.82 Å². The van der Waals surface area contributed by atoms with Gasteiger partial charge >= 0.3 is 0 Å². The van der Waals surface area contributed by atoms with Crippen molar-refractivity contribution in [2.45, 2.75) is 0 Å². The Morgan fingerprint density at radius 1 is 0.284 bits per heavy atom. The maximum Gasteiger partial charge on any atom is 0.160 e. The van der Waals surface area contributed by atoms with Crippen LogP contribution in [0.15, 0.2) is 249 Å². The first-order valence-electron chi connectivity index (χ1n) is 22.9. The molecule has 0 N–H and O–H groups in total. The minimum atomic E-state index is 0.683. The first kappa shape index (κ1) is 38.5. The van der Waals surface area contributed by atoms with E-state index in [9.17, 15) is 0 Å². The monoisotopic (exact) mass is 851 g/mol. The second-order valence-corrected chi connectivity index (χ2v) is 17.3. The first-order chi connectivity index (χ1) is 33.2. The minimum Gasteiger partial charge on any atom is -0.309 e. The molecule has 2 aromatic heterocycles. The second-order valence-electron chi connectivity index (χ2n) is 17.3. The summed E-state index contributed by atoms with van der Waals surface area (Å²) < 4.78 is 2.37. The zero-order valence-electron chi connectivity index (χ0n) is 36.5. The number of fused-ring (bicyclic) bond motifs is 7. The van der Waals surface area contributed by atoms with Crippen molar-refractivity contribution in [1.29, 1.82) is 0 Å². The highest BCUT2D eigenvalue weighted by Crippen LogP contribution is 2.42. The molecule has 0 aliphatic heterocycles. The zero-order valence-corrected chi connectivity index (χ0v) is 36.5. The fraction of sp³-hybridized carbons (Fsp3) is 0. The Balaban J connectivity index is 0.924. The average molecular weight is 852 g/mol. The number of aromatic nitrogens is 3. The van der Waals surface area contributed by atoms with Crippen LogP contribution in [0.25, 0.3) is 127 Å². The zero-order chi connectivity index (χ0) is 44.3. The molecule has 67 heavy (non-hydrogen) atoms. The van der Waals surface area contributed by atoms with E-state index < -0.39 is 0 Å². The van der Waals surface area contributed by atoms with Crippen LogP contribution >= 0.6 is 0 Å². The van der Waals surface area contributed by atoms with Gasteiger partial charge in [-0.05, 0) is 102 Å². The Bertz CT molecular complexity index is 3980. The Kier molecular flexibility index (Phi) is 9.17. The number of hydrogen-bond acceptors (Lipinski definition) is 2. The van der Waals surface area contributed by atoms with Gasteiger partial charge in [-0.15, -0.1) is 0 Å². The third-order valence-electron chi connectivity index (χ3n) is 13.4. The topological polar surface area (TPSA) is 30.7 Å². The predicted octanol–water partition coefficient (Wildman–Crippen LogP) is 17.0. The van der Waals surface area contributed by atoms with Crippen LogP contribution in [0.1, 0.15) is 0 Å². The number of benzene rings is 11. The lowest BCUT2D eigenvalue weighted by Gasteiger charge is -2.15. The third kappa shape index (κ3) is 6.67. The van der Waals surface area contributed by atoms with E-state index in [0.29, 0.717) is 5.82 Å². The lowest BCUT2D eigenvalue weighted by atomic mass is 9.89. The molecule has 0 saturated carbocycles. The molecule has 0 aliphatic rings. The van der Waals surface area contributed by atoms with Gasteiger partial charge in [0.05, 0.1) is 22.4 Å². The van der Waals surface area contributed by atoms with Gasteiger partial charge in [0.2, 0.25) is 0 Å². The van der Waals surface area contributed by atoms with Crippen LogP contribution in [0.5, 0.6) is 0 Å². The lowest BCUT2D eigenvalue weighted by Crippen LogP contribution is -1.96. The highest BCUT2D eigenvalue weighted by molar-refractivity contribution is 6.20. The molecule has 3 heteroatoms. The van der Waals surface area contributed by atoms with E-state index in [4.69, 9.17) is 9.97 Å². The molecule has 11 aromatic carbocycles. The molecule has 2 heterocycles. The van der Waals surface area contributed by atoms with Gasteiger partial charge in [-0.3, -0.25) is 0 Å². The number of hydrogen-bond donors (Lipinski definition) is 0. The van der Waals surface area contributed by atoms with Crippen molar-refractivity contribution in [2.75, 3.05) is 0 Å². The average Bonchev–Trinajstić information content (AvgIpc) is 3.75. The summed E-state index contributed by atoms with van der Waals surface area (Å²) in [5.41, 5.74) is 15.4. The van der Waals surface area contributed by atoms with Crippen LogP contribution < -0.4 is 0 Å². The molecule has 312 valence electrons. The van der Waals surface area contributed by atoms with Gasteiger partial charge in [-0.2, -0.15) is 0 Å². The third-order valence-corrected chi connectivity index (χ3v) is 13.4. The molecule has 3 nitrogen and oxygen atoms in total. The van der Waals surface area contributed by atoms with Gasteiger partial charge in [0, 0.05) is 33.2 Å². The van der Waals surface area contributed by atoms with Crippen molar-refractivity contribution in [1.82, 2.24) is 14.5 Å². The summed E-state index contributed by atoms with van der Waals surface area (Å²) in [6, 6.07) is 89.3. The van der Waals surface area contributed by atoms with E-state index in [1.54, 1.807) is 0 Å². The van der Waals surface area contributed by atoms with Crippen LogP contribution in [0, 0.1) is 0 Å². The van der Waals surface area contributed by atoms with E-state index in [1.165, 1.54) is 76.4 Å². The number of rotatable bonds is 7. The summed E-state index contributed by atoms with van der Waals surface area (Å²) in [6.07, 6.45) is 0. The van der Waals surface area contributed by atoms with E-state index >= 15 is 0 Å². The van der Waals surface area contributed by atoms with Gasteiger partial charge in [0.1, 0.15) is 0 Å². The van der Waals surface area contributed by atoms with Crippen molar-refractivity contribution in [2.24, 2.45) is 0 Å². The summed E-state index contributed by atoms with van der Waals surface area (Å²) in [4.78, 5) is 10.6. The molecule has 0 radical (unpaired) electrons. The quantitative estimate of drug-likeness (QED) is 0.118. The largest absolute Gasteiger partial charge is 0.309 e. The first-order valence-corrected chi connectivity index (χ1v) is 22.9. The van der Waals surface area contributed by atoms with Gasteiger partial charge in [-0.25, -0.2) is 9.97 Å². The Morgan fingerprint density at radius 2 is 0.821 bits per heavy atom. The highest BCUT2D eigenvalue weighted by Gasteiger charge is 2.18. The highest BCUT2D eigenvalue weighted by atomic mass is 15.0. The molecule has 0 atom stereocenters. The Morgan fingerprint density at radius 3 is 1.55 bits per heavy atom. The molecule has 0 spiro atoms. The fourth-order valence-corrected chi connectivity index (χ4v) is 10.2. The van der Waals surface area contributed by atoms with Gasteiger partial charge in [0.25, 0.3) is 0 Å². The Hall–Kier alpha value is -8.92. The fourth-order valence-electron chi connectivity index (χ4n) is 10.2. The molecule has 0 bridgehead atoms. The molecular weight excluding hydrogens is 811 g/mol. The number of para-hydroxylation sites is 2. The van der Waals surface area contributed by atoms with Crippen molar-refractivity contribution in [3.63, 3.8) is 0 Å². The summed E-state index contributed by atoms with van der Waals surface area (Å²) in [5, 5.41) is 9.95. The van der Waals surface area contributed by atoms with E-state index in [0.717, 1.165) is 44.9 Å². The van der Waals surface area contributed by atoms with E-state index in [-0.39, 0.29) is 0 Å². The van der Waals surface area contributed by atoms with E-state index in [1.807, 2.05) is 0 Å². The van der Waals surface area contributed by atoms with Crippen molar-refractivity contribution < 1.29 is 0 Å². The normalized spacial score (nSPS) is 11.6. The van der Waals surface area contributed by atoms with Crippen molar-refractivity contribution >= 4 is 54.1 Å². The summed E-state index contributed by atoms with van der Waals surface area (Å²) in [7, 11) is 0. The SMILES string of the molecule is c1ccc(-c2ccc(-c3cc(-c4ccc(-c5cccc6c5c5ccccc5n6-c5ccccc5)cc4)nc(-c4ccc(-c5c6ccccc6cc6c5ccc5ccccc56)cc4)n3)cc2)cc1. The lowest BCUT2D eigenvalue weighted by molar-refractivity contribution is 1.18. The van der Waals surface area contributed by atoms with E-state index in [2.05, 4.69) is 253 Å². The smallest absolute Gasteiger partial charge is 0.160 e. The van der Waals surface area contributed by atoms with Crippen LogP contribution in [0.3, 0.4) is 0 Å². The van der Waals surface area contributed by atoms with Crippen LogP contribution in [-0.2, 0) is 0 Å². The van der Waals surface area contributed by atoms with Crippen LogP contribution in [0.4, 0.5) is 0 Å². The summed E-state index contributed by atoms with van der Waals surface area (Å²) in [6.45, 7) is 0. The predicted molar refractivity (Wildman–Crippen MR) is 282 cm³/mol. The minimum absolute atomic E-state index is 0.683. The summed E-state index contributed by atoms with van der Waals surface area (Å²) in [5.74, 6) is 0.683. The van der Waals surface area contributed by atoms with Crippen LogP contribution in [0.2, 0.25) is 0 Å². The van der Waals surface area contributed by atoms with Gasteiger partial charge in [-0.1, -0.05) is 212 Å². The number of nitrogens with zero attached hydrogens (tertiary/aromatic N) is 3. The molecule has 0 amide bonds. The van der Waals surface area contributed by atoms with Gasteiger partial charge < -0.3 is 4.57 Å². The summed E-state index contributed by atoms with van der Waals surface area (Å²) >= 11 is 0.